The number of carbonyl (C=O) groups is 1. The molecule has 1 N–H and O–H groups in total. The van der Waals surface area contributed by atoms with Crippen molar-refractivity contribution < 1.29 is 19.0 Å². The zero-order valence-corrected chi connectivity index (χ0v) is 17.2. The Morgan fingerprint density at radius 2 is 1.92 bits per heavy atom. The summed E-state index contributed by atoms with van der Waals surface area (Å²) in [6.07, 6.45) is 0.940. The van der Waals surface area contributed by atoms with E-state index in [1.54, 1.807) is 0 Å². The molecule has 3 rings (SSSR count). The van der Waals surface area contributed by atoms with Crippen molar-refractivity contribution in [2.45, 2.75) is 39.3 Å². The van der Waals surface area contributed by atoms with Crippen molar-refractivity contribution in [2.75, 3.05) is 33.0 Å². The number of nitrogens with one attached hydrogen (secondary N) is 1. The second-order valence-electron chi connectivity index (χ2n) is 7.24. The van der Waals surface area contributed by atoms with Gasteiger partial charge < -0.3 is 24.4 Å². The van der Waals surface area contributed by atoms with Crippen LogP contribution in [0.2, 0.25) is 0 Å². The van der Waals surface area contributed by atoms with Gasteiger partial charge in [0, 0.05) is 11.0 Å². The minimum Gasteiger partial charge on any atom is -0.486 e. The van der Waals surface area contributed by atoms with E-state index < -0.39 is 0 Å². The molecule has 2 atom stereocenters. The largest absolute Gasteiger partial charge is 0.486 e. The van der Waals surface area contributed by atoms with Gasteiger partial charge in [0.25, 0.3) is 0 Å². The molecule has 1 aromatic carbocycles. The molecule has 2 heterocycles. The molecule has 0 radical (unpaired) electrons. The van der Waals surface area contributed by atoms with Gasteiger partial charge in [0.2, 0.25) is 0 Å². The first-order chi connectivity index (χ1) is 12.5. The number of amides is 2. The highest BCUT2D eigenvalue weighted by Gasteiger charge is 2.29. The molecule has 0 unspecified atom stereocenters. The van der Waals surface area contributed by atoms with Crippen LogP contribution in [-0.4, -0.2) is 49.9 Å². The topological polar surface area (TPSA) is 60.0 Å². The number of carbonyl (C=O) groups excluding carboxylic acids is 1. The summed E-state index contributed by atoms with van der Waals surface area (Å²) in [7, 11) is 0. The lowest BCUT2D eigenvalue weighted by Gasteiger charge is -2.37. The monoisotopic (exact) mass is 426 g/mol. The smallest absolute Gasteiger partial charge is 0.318 e. The van der Waals surface area contributed by atoms with E-state index >= 15 is 0 Å². The van der Waals surface area contributed by atoms with Crippen molar-refractivity contribution in [2.24, 2.45) is 5.92 Å². The molecule has 0 bridgehead atoms. The lowest BCUT2D eigenvalue weighted by molar-refractivity contribution is 0.00509. The Morgan fingerprint density at radius 1 is 1.23 bits per heavy atom. The van der Waals surface area contributed by atoms with Crippen LogP contribution in [0.4, 0.5) is 4.79 Å². The van der Waals surface area contributed by atoms with E-state index in [0.717, 1.165) is 28.0 Å². The Hall–Kier alpha value is -1.47. The first-order valence-corrected chi connectivity index (χ1v) is 9.99. The first kappa shape index (κ1) is 19.3. The first-order valence-electron chi connectivity index (χ1n) is 9.19. The molecule has 0 aliphatic carbocycles. The summed E-state index contributed by atoms with van der Waals surface area (Å²) >= 11 is 3.59. The predicted molar refractivity (Wildman–Crippen MR) is 103 cm³/mol. The average molecular weight is 427 g/mol. The van der Waals surface area contributed by atoms with Crippen molar-refractivity contribution in [3.05, 3.63) is 22.2 Å². The number of urea groups is 1. The fourth-order valence-corrected chi connectivity index (χ4v) is 4.08. The number of fused-ring (bicyclic) bond motifs is 1. The summed E-state index contributed by atoms with van der Waals surface area (Å²) in [6.45, 7) is 9.22. The second kappa shape index (κ2) is 8.48. The molecule has 0 saturated carbocycles. The van der Waals surface area contributed by atoms with Gasteiger partial charge in [0.1, 0.15) is 13.2 Å². The summed E-state index contributed by atoms with van der Waals surface area (Å²) in [5.74, 6) is 1.97. The van der Waals surface area contributed by atoms with E-state index in [2.05, 4.69) is 35.1 Å². The SMILES string of the molecule is CC(C)C[C@@H]1COCCN1C(=O)N[C@@H](C)c1cc2c(cc1Br)OCCO2. The van der Waals surface area contributed by atoms with Crippen LogP contribution in [0, 0.1) is 5.92 Å². The van der Waals surface area contributed by atoms with Crippen molar-refractivity contribution in [3.8, 4) is 11.5 Å². The maximum atomic E-state index is 12.9. The van der Waals surface area contributed by atoms with Crippen LogP contribution in [0.3, 0.4) is 0 Å². The third-order valence-electron chi connectivity index (χ3n) is 4.70. The van der Waals surface area contributed by atoms with Gasteiger partial charge in [-0.15, -0.1) is 0 Å². The van der Waals surface area contributed by atoms with Crippen LogP contribution < -0.4 is 14.8 Å². The highest BCUT2D eigenvalue weighted by Crippen LogP contribution is 2.37. The predicted octanol–water partition coefficient (Wildman–Crippen LogP) is 3.74. The molecule has 0 spiro atoms. The Morgan fingerprint density at radius 3 is 2.62 bits per heavy atom. The molecule has 7 heteroatoms. The van der Waals surface area contributed by atoms with Crippen molar-refractivity contribution in [1.29, 1.82) is 0 Å². The molecule has 144 valence electrons. The molecular formula is C19H27BrN2O4. The summed E-state index contributed by atoms with van der Waals surface area (Å²) in [5, 5.41) is 3.12. The zero-order valence-electron chi connectivity index (χ0n) is 15.6. The average Bonchev–Trinajstić information content (AvgIpc) is 2.60. The number of benzene rings is 1. The molecule has 2 aliphatic heterocycles. The molecule has 2 amide bonds. The maximum Gasteiger partial charge on any atom is 0.318 e. The van der Waals surface area contributed by atoms with Gasteiger partial charge in [-0.2, -0.15) is 0 Å². The van der Waals surface area contributed by atoms with Crippen LogP contribution in [0.25, 0.3) is 0 Å². The van der Waals surface area contributed by atoms with Gasteiger partial charge in [-0.05, 0) is 37.0 Å². The molecule has 0 aromatic heterocycles. The lowest BCUT2D eigenvalue weighted by Crippen LogP contribution is -2.53. The highest BCUT2D eigenvalue weighted by molar-refractivity contribution is 9.10. The molecule has 26 heavy (non-hydrogen) atoms. The normalized spacial score (nSPS) is 20.8. The molecule has 6 nitrogen and oxygen atoms in total. The fraction of sp³-hybridized carbons (Fsp3) is 0.632. The van der Waals surface area contributed by atoms with Gasteiger partial charge >= 0.3 is 6.03 Å². The summed E-state index contributed by atoms with van der Waals surface area (Å²) in [5.41, 5.74) is 0.969. The Labute approximate surface area is 163 Å². The van der Waals surface area contributed by atoms with Crippen LogP contribution in [0.5, 0.6) is 11.5 Å². The van der Waals surface area contributed by atoms with E-state index in [1.165, 1.54) is 0 Å². The van der Waals surface area contributed by atoms with E-state index in [-0.39, 0.29) is 18.1 Å². The Bertz CT molecular complexity index is 653. The van der Waals surface area contributed by atoms with E-state index in [1.807, 2.05) is 24.0 Å². The number of hydrogen-bond acceptors (Lipinski definition) is 4. The number of morpholine rings is 1. The third-order valence-corrected chi connectivity index (χ3v) is 5.39. The van der Waals surface area contributed by atoms with E-state index in [0.29, 0.717) is 38.9 Å². The molecule has 1 saturated heterocycles. The molecule has 1 fully saturated rings. The van der Waals surface area contributed by atoms with Crippen molar-refractivity contribution in [1.82, 2.24) is 10.2 Å². The third kappa shape index (κ3) is 4.43. The van der Waals surface area contributed by atoms with Gasteiger partial charge in [-0.1, -0.05) is 29.8 Å². The van der Waals surface area contributed by atoms with Crippen LogP contribution in [0.15, 0.2) is 16.6 Å². The van der Waals surface area contributed by atoms with Crippen LogP contribution in [0.1, 0.15) is 38.8 Å². The van der Waals surface area contributed by atoms with Crippen molar-refractivity contribution in [3.63, 3.8) is 0 Å². The lowest BCUT2D eigenvalue weighted by atomic mass is 10.0. The van der Waals surface area contributed by atoms with Gasteiger partial charge in [-0.25, -0.2) is 4.79 Å². The Kier molecular flexibility index (Phi) is 6.29. The van der Waals surface area contributed by atoms with Gasteiger partial charge in [0.15, 0.2) is 11.5 Å². The maximum absolute atomic E-state index is 12.9. The Balaban J connectivity index is 1.70. The van der Waals surface area contributed by atoms with E-state index in [9.17, 15) is 4.79 Å². The molecule has 1 aromatic rings. The second-order valence-corrected chi connectivity index (χ2v) is 8.09. The quantitative estimate of drug-likeness (QED) is 0.796. The van der Waals surface area contributed by atoms with Crippen molar-refractivity contribution >= 4 is 22.0 Å². The van der Waals surface area contributed by atoms with Crippen LogP contribution in [-0.2, 0) is 4.74 Å². The molecule has 2 aliphatic rings. The van der Waals surface area contributed by atoms with Crippen LogP contribution >= 0.6 is 15.9 Å². The summed E-state index contributed by atoms with van der Waals surface area (Å²) < 4.78 is 17.7. The minimum absolute atomic E-state index is 0.0479. The fourth-order valence-electron chi connectivity index (χ4n) is 3.42. The standard InChI is InChI=1S/C19H27BrN2O4/c1-12(2)8-14-11-24-5-4-22(14)19(23)21-13(3)15-9-17-18(10-16(15)20)26-7-6-25-17/h9-10,12-14H,4-8,11H2,1-3H3,(H,21,23)/t13-,14+/m0/s1. The number of halogens is 1. The minimum atomic E-state index is -0.157. The van der Waals surface area contributed by atoms with E-state index in [4.69, 9.17) is 14.2 Å². The molecular weight excluding hydrogens is 400 g/mol. The summed E-state index contributed by atoms with van der Waals surface area (Å²) in [4.78, 5) is 14.8. The van der Waals surface area contributed by atoms with Gasteiger partial charge in [-0.3, -0.25) is 0 Å². The zero-order chi connectivity index (χ0) is 18.7. The number of hydrogen-bond donors (Lipinski definition) is 1. The number of nitrogens with zero attached hydrogens (tertiary/aromatic N) is 1. The number of ether oxygens (including phenoxy) is 3. The number of rotatable bonds is 4. The van der Waals surface area contributed by atoms with Gasteiger partial charge in [0.05, 0.1) is 25.3 Å². The summed E-state index contributed by atoms with van der Waals surface area (Å²) in [6, 6.07) is 3.76. The highest BCUT2D eigenvalue weighted by atomic mass is 79.9.